The molecule has 0 saturated heterocycles. The zero-order chi connectivity index (χ0) is 18.7. The van der Waals surface area contributed by atoms with Gasteiger partial charge in [0.1, 0.15) is 5.00 Å². The maximum absolute atomic E-state index is 12.5. The standard InChI is InChI=1S/C20H24N2O3S/c1-4-25-20(24)18-15-8-7-13(2)10-16(15)26-19(18)21-17(23)12-22-9-5-6-14(3)11-22/h5-6,9,11,13H,4,7-8,10,12H2,1-3H3/p+1/t13-/m0/s1. The van der Waals surface area contributed by atoms with Gasteiger partial charge in [-0.05, 0) is 50.7 Å². The highest BCUT2D eigenvalue weighted by molar-refractivity contribution is 7.17. The molecule has 1 N–H and O–H groups in total. The van der Waals surface area contributed by atoms with Crippen molar-refractivity contribution >= 4 is 28.2 Å². The van der Waals surface area contributed by atoms with Crippen LogP contribution >= 0.6 is 11.3 Å². The lowest BCUT2D eigenvalue weighted by atomic mass is 9.88. The molecular weight excluding hydrogens is 348 g/mol. The number of carbonyl (C=O) groups is 2. The average molecular weight is 373 g/mol. The number of thiophene rings is 1. The van der Waals surface area contributed by atoms with E-state index in [0.29, 0.717) is 23.1 Å². The number of esters is 1. The summed E-state index contributed by atoms with van der Waals surface area (Å²) in [5.41, 5.74) is 2.71. The first kappa shape index (κ1) is 18.6. The lowest BCUT2D eigenvalue weighted by molar-refractivity contribution is -0.684. The highest BCUT2D eigenvalue weighted by Gasteiger charge is 2.29. The number of hydrogen-bond acceptors (Lipinski definition) is 4. The molecule has 0 bridgehead atoms. The normalized spacial score (nSPS) is 16.0. The summed E-state index contributed by atoms with van der Waals surface area (Å²) >= 11 is 1.52. The fourth-order valence-corrected chi connectivity index (χ4v) is 4.76. The van der Waals surface area contributed by atoms with Gasteiger partial charge in [-0.1, -0.05) is 6.92 Å². The first-order valence-electron chi connectivity index (χ1n) is 9.05. The molecule has 1 amide bonds. The van der Waals surface area contributed by atoms with Crippen LogP contribution in [0.25, 0.3) is 0 Å². The molecule has 0 aromatic carbocycles. The fraction of sp³-hybridized carbons (Fsp3) is 0.450. The van der Waals surface area contributed by atoms with Crippen molar-refractivity contribution in [1.82, 2.24) is 0 Å². The van der Waals surface area contributed by atoms with Crippen LogP contribution in [0.3, 0.4) is 0 Å². The molecule has 3 rings (SSSR count). The molecule has 1 atom stereocenters. The Morgan fingerprint density at radius 1 is 1.42 bits per heavy atom. The number of rotatable bonds is 5. The monoisotopic (exact) mass is 373 g/mol. The van der Waals surface area contributed by atoms with Gasteiger partial charge >= 0.3 is 5.97 Å². The number of pyridine rings is 1. The molecule has 5 nitrogen and oxygen atoms in total. The van der Waals surface area contributed by atoms with Crippen LogP contribution in [0.15, 0.2) is 24.5 Å². The topological polar surface area (TPSA) is 59.3 Å². The summed E-state index contributed by atoms with van der Waals surface area (Å²) in [6, 6.07) is 3.90. The first-order valence-corrected chi connectivity index (χ1v) is 9.86. The summed E-state index contributed by atoms with van der Waals surface area (Å²) in [6.45, 7) is 6.54. The van der Waals surface area contributed by atoms with Gasteiger partial charge in [0.2, 0.25) is 6.54 Å². The third-order valence-electron chi connectivity index (χ3n) is 4.58. The van der Waals surface area contributed by atoms with E-state index in [9.17, 15) is 9.59 Å². The summed E-state index contributed by atoms with van der Waals surface area (Å²) in [4.78, 5) is 26.2. The Labute approximate surface area is 158 Å². The van der Waals surface area contributed by atoms with Crippen molar-refractivity contribution in [3.63, 3.8) is 0 Å². The minimum atomic E-state index is -0.335. The van der Waals surface area contributed by atoms with Crippen LogP contribution in [0.5, 0.6) is 0 Å². The number of amides is 1. The van der Waals surface area contributed by atoms with Crippen molar-refractivity contribution in [2.45, 2.75) is 46.6 Å². The van der Waals surface area contributed by atoms with E-state index in [4.69, 9.17) is 4.74 Å². The second kappa shape index (κ2) is 7.99. The van der Waals surface area contributed by atoms with Crippen molar-refractivity contribution in [3.8, 4) is 0 Å². The Bertz CT molecular complexity index is 828. The minimum absolute atomic E-state index is 0.141. The van der Waals surface area contributed by atoms with Gasteiger partial charge in [-0.2, -0.15) is 4.57 Å². The Kier molecular flexibility index (Phi) is 5.71. The molecular formula is C20H25N2O3S+. The molecule has 138 valence electrons. The number of aryl methyl sites for hydroxylation is 1. The third kappa shape index (κ3) is 4.12. The Balaban J connectivity index is 1.84. The number of fused-ring (bicyclic) bond motifs is 1. The van der Waals surface area contributed by atoms with E-state index in [1.165, 1.54) is 16.2 Å². The van der Waals surface area contributed by atoms with Crippen LogP contribution in [0.2, 0.25) is 0 Å². The molecule has 0 spiro atoms. The van der Waals surface area contributed by atoms with Crippen molar-refractivity contribution < 1.29 is 18.9 Å². The fourth-order valence-electron chi connectivity index (χ4n) is 3.34. The molecule has 1 aliphatic carbocycles. The Morgan fingerprint density at radius 2 is 2.23 bits per heavy atom. The summed E-state index contributed by atoms with van der Waals surface area (Å²) in [7, 11) is 0. The summed E-state index contributed by atoms with van der Waals surface area (Å²) in [5, 5.41) is 3.57. The number of hydrogen-bond donors (Lipinski definition) is 1. The van der Waals surface area contributed by atoms with Gasteiger partial charge in [0.05, 0.1) is 12.2 Å². The highest BCUT2D eigenvalue weighted by Crippen LogP contribution is 2.40. The van der Waals surface area contributed by atoms with Gasteiger partial charge in [0.25, 0.3) is 5.91 Å². The molecule has 26 heavy (non-hydrogen) atoms. The predicted octanol–water partition coefficient (Wildman–Crippen LogP) is 3.28. The van der Waals surface area contributed by atoms with Crippen LogP contribution in [-0.2, 0) is 28.9 Å². The lowest BCUT2D eigenvalue weighted by Crippen LogP contribution is -2.39. The Morgan fingerprint density at radius 3 is 2.96 bits per heavy atom. The maximum atomic E-state index is 12.5. The predicted molar refractivity (Wildman–Crippen MR) is 101 cm³/mol. The summed E-state index contributed by atoms with van der Waals surface area (Å²) in [6.07, 6.45) is 6.66. The van der Waals surface area contributed by atoms with E-state index in [1.54, 1.807) is 6.92 Å². The van der Waals surface area contributed by atoms with Gasteiger partial charge in [-0.15, -0.1) is 11.3 Å². The molecule has 0 saturated carbocycles. The van der Waals surface area contributed by atoms with Crippen molar-refractivity contribution in [2.75, 3.05) is 11.9 Å². The molecule has 0 unspecified atom stereocenters. The van der Waals surface area contributed by atoms with E-state index in [1.807, 2.05) is 36.0 Å². The number of carbonyl (C=O) groups excluding carboxylic acids is 2. The van der Waals surface area contributed by atoms with Crippen LogP contribution in [0.4, 0.5) is 5.00 Å². The van der Waals surface area contributed by atoms with E-state index < -0.39 is 0 Å². The van der Waals surface area contributed by atoms with E-state index in [0.717, 1.165) is 30.4 Å². The molecule has 0 aliphatic heterocycles. The zero-order valence-corrected chi connectivity index (χ0v) is 16.3. The highest BCUT2D eigenvalue weighted by atomic mass is 32.1. The first-order chi connectivity index (χ1) is 12.5. The smallest absolute Gasteiger partial charge is 0.341 e. The van der Waals surface area contributed by atoms with Crippen molar-refractivity contribution in [1.29, 1.82) is 0 Å². The van der Waals surface area contributed by atoms with Gasteiger partial charge in [-0.3, -0.25) is 4.79 Å². The van der Waals surface area contributed by atoms with Crippen molar-refractivity contribution in [3.05, 3.63) is 46.1 Å². The number of aromatic nitrogens is 1. The number of nitrogens with one attached hydrogen (secondary N) is 1. The summed E-state index contributed by atoms with van der Waals surface area (Å²) in [5.74, 6) is 0.124. The average Bonchev–Trinajstić information content (AvgIpc) is 2.91. The van der Waals surface area contributed by atoms with E-state index in [2.05, 4.69) is 12.2 Å². The largest absolute Gasteiger partial charge is 0.462 e. The molecule has 2 heterocycles. The lowest BCUT2D eigenvalue weighted by Gasteiger charge is -2.18. The molecule has 2 aromatic heterocycles. The number of anilines is 1. The van der Waals surface area contributed by atoms with Crippen LogP contribution in [0, 0.1) is 12.8 Å². The molecule has 1 aliphatic rings. The number of ether oxygens (including phenoxy) is 1. The molecule has 0 radical (unpaired) electrons. The van der Waals surface area contributed by atoms with Crippen LogP contribution in [-0.4, -0.2) is 18.5 Å². The Hall–Kier alpha value is -2.21. The van der Waals surface area contributed by atoms with E-state index in [-0.39, 0.29) is 18.4 Å². The van der Waals surface area contributed by atoms with Crippen molar-refractivity contribution in [2.24, 2.45) is 5.92 Å². The van der Waals surface area contributed by atoms with Crippen LogP contribution in [0.1, 0.15) is 46.6 Å². The van der Waals surface area contributed by atoms with Gasteiger partial charge in [0, 0.05) is 16.5 Å². The quantitative estimate of drug-likeness (QED) is 0.646. The minimum Gasteiger partial charge on any atom is -0.462 e. The second-order valence-corrected chi connectivity index (χ2v) is 7.98. The van der Waals surface area contributed by atoms with Gasteiger partial charge in [0.15, 0.2) is 12.4 Å². The maximum Gasteiger partial charge on any atom is 0.341 e. The molecule has 6 heteroatoms. The second-order valence-electron chi connectivity index (χ2n) is 6.88. The van der Waals surface area contributed by atoms with Gasteiger partial charge < -0.3 is 10.1 Å². The summed E-state index contributed by atoms with van der Waals surface area (Å²) < 4.78 is 7.08. The third-order valence-corrected chi connectivity index (χ3v) is 5.75. The van der Waals surface area contributed by atoms with Crippen LogP contribution < -0.4 is 9.88 Å². The molecule has 2 aromatic rings. The zero-order valence-electron chi connectivity index (χ0n) is 15.5. The molecule has 0 fully saturated rings. The number of nitrogens with zero attached hydrogens (tertiary/aromatic N) is 1. The van der Waals surface area contributed by atoms with Gasteiger partial charge in [-0.25, -0.2) is 4.79 Å². The SMILES string of the molecule is CCOC(=O)c1c(NC(=O)C[n+]2cccc(C)c2)sc2c1CC[C@H](C)C2. The van der Waals surface area contributed by atoms with E-state index >= 15 is 0 Å².